The molecule has 6 heteroatoms. The quantitative estimate of drug-likeness (QED) is 0.680. The lowest BCUT2D eigenvalue weighted by Crippen LogP contribution is -1.92. The van der Waals surface area contributed by atoms with Crippen molar-refractivity contribution in [3.8, 4) is 0 Å². The summed E-state index contributed by atoms with van der Waals surface area (Å²) < 4.78 is 1.87. The average molecular weight is 294 g/mol. The molecule has 0 bridgehead atoms. The van der Waals surface area contributed by atoms with Crippen LogP contribution in [0.25, 0.3) is 6.08 Å². The zero-order valence-corrected chi connectivity index (χ0v) is 12.3. The molecule has 0 aromatic carbocycles. The molecule has 2 heterocycles. The van der Waals surface area contributed by atoms with Crippen molar-refractivity contribution in [1.29, 1.82) is 0 Å². The molecule has 0 unspecified atom stereocenters. The Labute approximate surface area is 119 Å². The van der Waals surface area contributed by atoms with Gasteiger partial charge >= 0.3 is 5.97 Å². The first-order valence-electron chi connectivity index (χ1n) is 5.66. The standard InChI is InChI=1S/C13H14N2O2S2/c1-9-5-12(15(2)14-9)19-8-11-6-10(7-18-11)3-4-13(16)17/h3-7H,8H2,1-2H3,(H,16,17). The Morgan fingerprint density at radius 3 is 3.00 bits per heavy atom. The second-order valence-corrected chi connectivity index (χ2v) is 6.05. The van der Waals surface area contributed by atoms with E-state index in [0.717, 1.165) is 28.1 Å². The first kappa shape index (κ1) is 13.9. The van der Waals surface area contributed by atoms with Gasteiger partial charge in [0.2, 0.25) is 0 Å². The van der Waals surface area contributed by atoms with Crippen molar-refractivity contribution in [3.05, 3.63) is 39.7 Å². The van der Waals surface area contributed by atoms with Crippen LogP contribution >= 0.6 is 23.1 Å². The van der Waals surface area contributed by atoms with Crippen LogP contribution in [0.5, 0.6) is 0 Å². The van der Waals surface area contributed by atoms with Gasteiger partial charge in [-0.25, -0.2) is 4.79 Å². The second-order valence-electron chi connectivity index (χ2n) is 4.05. The van der Waals surface area contributed by atoms with E-state index >= 15 is 0 Å². The van der Waals surface area contributed by atoms with Gasteiger partial charge in [0.05, 0.1) is 10.7 Å². The predicted molar refractivity (Wildman–Crippen MR) is 78.5 cm³/mol. The summed E-state index contributed by atoms with van der Waals surface area (Å²) in [6.45, 7) is 1.98. The van der Waals surface area contributed by atoms with Crippen LogP contribution in [0.4, 0.5) is 0 Å². The number of carboxylic acid groups (broad SMARTS) is 1. The van der Waals surface area contributed by atoms with Crippen molar-refractivity contribution < 1.29 is 9.90 Å². The maximum Gasteiger partial charge on any atom is 0.328 e. The lowest BCUT2D eigenvalue weighted by Gasteiger charge is -1.99. The number of aliphatic carboxylic acids is 1. The summed E-state index contributed by atoms with van der Waals surface area (Å²) in [5.74, 6) is -0.0580. The molecule has 0 aliphatic heterocycles. The van der Waals surface area contributed by atoms with Crippen LogP contribution in [0.3, 0.4) is 0 Å². The van der Waals surface area contributed by atoms with E-state index in [1.54, 1.807) is 29.2 Å². The molecule has 0 saturated carbocycles. The molecular weight excluding hydrogens is 280 g/mol. The van der Waals surface area contributed by atoms with Gasteiger partial charge in [-0.3, -0.25) is 4.68 Å². The molecule has 100 valence electrons. The van der Waals surface area contributed by atoms with E-state index in [-0.39, 0.29) is 0 Å². The van der Waals surface area contributed by atoms with Crippen LogP contribution < -0.4 is 0 Å². The van der Waals surface area contributed by atoms with E-state index in [9.17, 15) is 4.79 Å². The summed E-state index contributed by atoms with van der Waals surface area (Å²) in [6, 6.07) is 4.07. The van der Waals surface area contributed by atoms with E-state index in [0.29, 0.717) is 0 Å². The molecular formula is C13H14N2O2S2. The molecule has 0 fully saturated rings. The minimum absolute atomic E-state index is 0.866. The normalized spacial score (nSPS) is 11.3. The van der Waals surface area contributed by atoms with E-state index in [2.05, 4.69) is 11.2 Å². The highest BCUT2D eigenvalue weighted by Crippen LogP contribution is 2.26. The smallest absolute Gasteiger partial charge is 0.328 e. The number of carbonyl (C=O) groups is 1. The molecule has 2 aromatic rings. The number of thiophene rings is 1. The highest BCUT2D eigenvalue weighted by molar-refractivity contribution is 7.98. The van der Waals surface area contributed by atoms with Crippen LogP contribution in [0.2, 0.25) is 0 Å². The number of hydrogen-bond donors (Lipinski definition) is 1. The average Bonchev–Trinajstić information content (AvgIpc) is 2.91. The van der Waals surface area contributed by atoms with Gasteiger partial charge in [-0.2, -0.15) is 5.10 Å². The third-order valence-corrected chi connectivity index (χ3v) is 4.68. The number of aromatic nitrogens is 2. The summed E-state index contributed by atoms with van der Waals surface area (Å²) in [6.07, 6.45) is 2.77. The SMILES string of the molecule is Cc1cc(SCc2cc(C=CC(=O)O)cs2)n(C)n1. The summed E-state index contributed by atoms with van der Waals surface area (Å²) in [5.41, 5.74) is 1.95. The summed E-state index contributed by atoms with van der Waals surface area (Å²) in [7, 11) is 1.94. The van der Waals surface area contributed by atoms with Gasteiger partial charge in [-0.15, -0.1) is 23.1 Å². The van der Waals surface area contributed by atoms with Crippen LogP contribution in [-0.4, -0.2) is 20.9 Å². The number of carboxylic acids is 1. The third-order valence-electron chi connectivity index (χ3n) is 2.41. The lowest BCUT2D eigenvalue weighted by atomic mass is 10.3. The molecule has 0 radical (unpaired) electrons. The first-order chi connectivity index (χ1) is 9.04. The van der Waals surface area contributed by atoms with E-state index < -0.39 is 5.97 Å². The zero-order chi connectivity index (χ0) is 13.8. The molecule has 0 aliphatic carbocycles. The fourth-order valence-corrected chi connectivity index (χ4v) is 3.54. The highest BCUT2D eigenvalue weighted by Gasteiger charge is 2.04. The molecule has 0 aliphatic rings. The maximum atomic E-state index is 10.4. The maximum absolute atomic E-state index is 10.4. The van der Waals surface area contributed by atoms with Crippen molar-refractivity contribution >= 4 is 35.1 Å². The van der Waals surface area contributed by atoms with Gasteiger partial charge < -0.3 is 5.11 Å². The molecule has 0 saturated heterocycles. The van der Waals surface area contributed by atoms with Crippen LogP contribution in [0.1, 0.15) is 16.1 Å². The van der Waals surface area contributed by atoms with Gasteiger partial charge in [0, 0.05) is 23.8 Å². The number of aryl methyl sites for hydroxylation is 2. The van der Waals surface area contributed by atoms with Crippen molar-refractivity contribution in [3.63, 3.8) is 0 Å². The largest absolute Gasteiger partial charge is 0.478 e. The summed E-state index contributed by atoms with van der Waals surface area (Å²) in [4.78, 5) is 11.6. The molecule has 0 amide bonds. The van der Waals surface area contributed by atoms with Crippen molar-refractivity contribution in [2.24, 2.45) is 7.05 Å². The molecule has 2 aromatic heterocycles. The van der Waals surface area contributed by atoms with Gasteiger partial charge in [-0.05, 0) is 36.1 Å². The number of thioether (sulfide) groups is 1. The Balaban J connectivity index is 1.97. The summed E-state index contributed by atoms with van der Waals surface area (Å²) >= 11 is 3.37. The molecule has 4 nitrogen and oxygen atoms in total. The van der Waals surface area contributed by atoms with E-state index in [1.807, 2.05) is 30.1 Å². The second kappa shape index (κ2) is 6.08. The fraction of sp³-hybridized carbons (Fsp3) is 0.231. The van der Waals surface area contributed by atoms with Gasteiger partial charge in [0.25, 0.3) is 0 Å². The van der Waals surface area contributed by atoms with Gasteiger partial charge in [0.1, 0.15) is 0 Å². The lowest BCUT2D eigenvalue weighted by molar-refractivity contribution is -0.131. The Bertz CT molecular complexity index is 614. The van der Waals surface area contributed by atoms with Crippen LogP contribution in [0.15, 0.2) is 28.6 Å². The van der Waals surface area contributed by atoms with E-state index in [1.165, 1.54) is 4.88 Å². The minimum Gasteiger partial charge on any atom is -0.478 e. The number of hydrogen-bond acceptors (Lipinski definition) is 4. The van der Waals surface area contributed by atoms with Crippen LogP contribution in [-0.2, 0) is 17.6 Å². The Hall–Kier alpha value is -1.53. The minimum atomic E-state index is -0.924. The number of rotatable bonds is 5. The molecule has 1 N–H and O–H groups in total. The van der Waals surface area contributed by atoms with E-state index in [4.69, 9.17) is 5.11 Å². The molecule has 2 rings (SSSR count). The Kier molecular flexibility index (Phi) is 4.44. The Morgan fingerprint density at radius 2 is 2.37 bits per heavy atom. The topological polar surface area (TPSA) is 55.1 Å². The molecule has 0 atom stereocenters. The first-order valence-corrected chi connectivity index (χ1v) is 7.53. The molecule has 0 spiro atoms. The molecule has 19 heavy (non-hydrogen) atoms. The summed E-state index contributed by atoms with van der Waals surface area (Å²) in [5, 5.41) is 16.0. The van der Waals surface area contributed by atoms with Crippen molar-refractivity contribution in [2.75, 3.05) is 0 Å². The van der Waals surface area contributed by atoms with Crippen molar-refractivity contribution in [1.82, 2.24) is 9.78 Å². The predicted octanol–water partition coefficient (Wildman–Crippen LogP) is 3.18. The van der Waals surface area contributed by atoms with Gasteiger partial charge in [0.15, 0.2) is 0 Å². The fourth-order valence-electron chi connectivity index (χ4n) is 1.60. The zero-order valence-electron chi connectivity index (χ0n) is 10.7. The Morgan fingerprint density at radius 1 is 1.58 bits per heavy atom. The van der Waals surface area contributed by atoms with Crippen LogP contribution in [0, 0.1) is 6.92 Å². The highest BCUT2D eigenvalue weighted by atomic mass is 32.2. The number of nitrogens with zero attached hydrogens (tertiary/aromatic N) is 2. The monoisotopic (exact) mass is 294 g/mol. The van der Waals surface area contributed by atoms with Gasteiger partial charge in [-0.1, -0.05) is 0 Å². The van der Waals surface area contributed by atoms with Crippen molar-refractivity contribution in [2.45, 2.75) is 17.7 Å². The third kappa shape index (κ3) is 3.97.